The van der Waals surface area contributed by atoms with E-state index in [0.717, 1.165) is 9.80 Å². The van der Waals surface area contributed by atoms with Crippen molar-refractivity contribution in [3.05, 3.63) is 230 Å². The molecule has 0 saturated heterocycles. The molecule has 0 saturated carbocycles. The zero-order chi connectivity index (χ0) is 61.9. The highest BCUT2D eigenvalue weighted by Crippen LogP contribution is 2.46. The molecule has 0 fully saturated rings. The van der Waals surface area contributed by atoms with Gasteiger partial charge in [-0.2, -0.15) is 0 Å². The van der Waals surface area contributed by atoms with Crippen molar-refractivity contribution in [1.82, 2.24) is 0 Å². The van der Waals surface area contributed by atoms with Gasteiger partial charge in [-0.1, -0.05) is 151 Å². The van der Waals surface area contributed by atoms with Gasteiger partial charge in [-0.3, -0.25) is 0 Å². The molecule has 0 amide bonds. The summed E-state index contributed by atoms with van der Waals surface area (Å²) in [5, 5.41) is 0. The first-order chi connectivity index (χ1) is 40.0. The maximum atomic E-state index is 10.3. The Balaban J connectivity index is 1.32. The van der Waals surface area contributed by atoms with E-state index in [1.807, 2.05) is 0 Å². The van der Waals surface area contributed by atoms with E-state index in [1.54, 1.807) is 41.3 Å². The molecule has 0 spiro atoms. The number of hydrogen-bond acceptors (Lipinski definition) is 3. The molecule has 272 valence electrons. The number of benzene rings is 9. The lowest BCUT2D eigenvalue weighted by Crippen LogP contribution is -2.61. The minimum absolute atomic E-state index is 0.0191. The molecule has 0 unspecified atom stereocenters. The third kappa shape index (κ3) is 5.69. The van der Waals surface area contributed by atoms with Crippen LogP contribution in [0.1, 0.15) is 37.0 Å². The smallest absolute Gasteiger partial charge is 0.252 e. The Morgan fingerprint density at radius 1 is 0.379 bits per heavy atom. The van der Waals surface area contributed by atoms with Gasteiger partial charge in [0, 0.05) is 51.2 Å². The van der Waals surface area contributed by atoms with Crippen LogP contribution in [0.4, 0.5) is 51.2 Å². The number of hydrogen-bond donors (Lipinski definition) is 0. The molecule has 4 heteroatoms. The quantitative estimate of drug-likeness (QED) is 0.150. The lowest BCUT2D eigenvalue weighted by atomic mass is 9.33. The summed E-state index contributed by atoms with van der Waals surface area (Å²) < 4.78 is 243. The second-order valence-electron chi connectivity index (χ2n) is 12.9. The van der Waals surface area contributed by atoms with Crippen LogP contribution in [-0.2, 0) is 0 Å². The summed E-state index contributed by atoms with van der Waals surface area (Å²) in [7, 11) is 0. The average molecular weight is 767 g/mol. The molecule has 9 aromatic rings. The molecular weight excluding hydrogens is 701 g/mol. The molecular formula is C54H38BN3. The van der Waals surface area contributed by atoms with Crippen molar-refractivity contribution < 1.29 is 37.0 Å². The first-order valence-electron chi connectivity index (χ1n) is 31.3. The molecule has 2 aliphatic heterocycles. The van der Waals surface area contributed by atoms with Crippen LogP contribution in [0.3, 0.4) is 0 Å². The van der Waals surface area contributed by atoms with Gasteiger partial charge in [0.15, 0.2) is 0 Å². The molecule has 58 heavy (non-hydrogen) atoms. The van der Waals surface area contributed by atoms with E-state index >= 15 is 0 Å². The van der Waals surface area contributed by atoms with Gasteiger partial charge in [0.1, 0.15) is 0 Å². The molecule has 0 radical (unpaired) electrons. The fourth-order valence-corrected chi connectivity index (χ4v) is 7.45. The average Bonchev–Trinajstić information content (AvgIpc) is 1.09. The van der Waals surface area contributed by atoms with Crippen LogP contribution in [0.15, 0.2) is 230 Å². The predicted molar refractivity (Wildman–Crippen MR) is 246 cm³/mol. The molecule has 0 aliphatic carbocycles. The maximum Gasteiger partial charge on any atom is 0.252 e. The minimum Gasteiger partial charge on any atom is -0.311 e. The summed E-state index contributed by atoms with van der Waals surface area (Å²) in [6, 6.07) is -5.31. The molecule has 0 aromatic heterocycles. The molecule has 11 rings (SSSR count). The van der Waals surface area contributed by atoms with Crippen LogP contribution in [0.5, 0.6) is 0 Å². The fraction of sp³-hybridized carbons (Fsp3) is 0. The van der Waals surface area contributed by atoms with Gasteiger partial charge in [-0.15, -0.1) is 0 Å². The Bertz CT molecular complexity index is 4320. The Morgan fingerprint density at radius 2 is 0.948 bits per heavy atom. The van der Waals surface area contributed by atoms with Crippen LogP contribution >= 0.6 is 0 Å². The van der Waals surface area contributed by atoms with Crippen molar-refractivity contribution in [2.75, 3.05) is 14.7 Å². The van der Waals surface area contributed by atoms with Gasteiger partial charge < -0.3 is 14.7 Å². The van der Waals surface area contributed by atoms with Crippen LogP contribution in [0, 0.1) is 0 Å². The van der Waals surface area contributed by atoms with Crippen molar-refractivity contribution in [2.45, 2.75) is 0 Å². The lowest BCUT2D eigenvalue weighted by molar-refractivity contribution is 1.24. The fourth-order valence-electron chi connectivity index (χ4n) is 7.45. The SMILES string of the molecule is [2H]c1c([2H])c([2H])c(-c2c([2H])c([2H])c([2H])c(N3c4cccc5c4B(c4ccc(N(c6c([2H])c([2H])c([2H])c([2H])c6[2H])c6c([2H])c([2H])c([2H])c([2H])c6[2H])cc4N5c4ccccc4)c4c([2H])c([2H])c(-c5c([2H])c([2H])c([2H])c([2H])c5[2H])c([2H])c43)c2[2H])c([2H])c1[2H]. The van der Waals surface area contributed by atoms with E-state index in [-0.39, 0.29) is 39.1 Å². The first kappa shape index (κ1) is 16.1. The zero-order valence-corrected chi connectivity index (χ0v) is 29.8. The van der Waals surface area contributed by atoms with E-state index in [4.69, 9.17) is 28.8 Å². The summed E-state index contributed by atoms with van der Waals surface area (Å²) in [5.41, 5.74) is -4.33. The Morgan fingerprint density at radius 3 is 1.59 bits per heavy atom. The lowest BCUT2D eigenvalue weighted by Gasteiger charge is -2.44. The molecule has 0 atom stereocenters. The number of para-hydroxylation sites is 3. The van der Waals surface area contributed by atoms with E-state index in [0.29, 0.717) is 5.69 Å². The van der Waals surface area contributed by atoms with Crippen LogP contribution in [0.25, 0.3) is 22.3 Å². The Labute approximate surface area is 378 Å². The molecule has 2 heterocycles. The zero-order valence-electron chi connectivity index (χ0n) is 56.8. The summed E-state index contributed by atoms with van der Waals surface area (Å²) in [6.07, 6.45) is 0. The molecule has 9 aromatic carbocycles. The van der Waals surface area contributed by atoms with Crippen molar-refractivity contribution in [3.8, 4) is 22.3 Å². The van der Waals surface area contributed by atoms with E-state index in [2.05, 4.69) is 0 Å². The van der Waals surface area contributed by atoms with E-state index in [9.17, 15) is 8.22 Å². The van der Waals surface area contributed by atoms with Crippen LogP contribution in [-0.4, -0.2) is 6.71 Å². The van der Waals surface area contributed by atoms with Gasteiger partial charge in [-0.05, 0) is 117 Å². The Hall–Kier alpha value is -7.56. The summed E-state index contributed by atoms with van der Waals surface area (Å²) >= 11 is 0. The molecule has 3 nitrogen and oxygen atoms in total. The predicted octanol–water partition coefficient (Wildman–Crippen LogP) is 12.6. The summed E-state index contributed by atoms with van der Waals surface area (Å²) in [6.45, 7) is -1.36. The minimum atomic E-state index is -1.36. The van der Waals surface area contributed by atoms with Crippen molar-refractivity contribution in [2.24, 2.45) is 0 Å². The number of anilines is 9. The van der Waals surface area contributed by atoms with Gasteiger partial charge in [0.25, 0.3) is 6.71 Å². The highest BCUT2D eigenvalue weighted by molar-refractivity contribution is 7.00. The third-order valence-corrected chi connectivity index (χ3v) is 9.76. The van der Waals surface area contributed by atoms with Gasteiger partial charge in [0.05, 0.1) is 37.0 Å². The van der Waals surface area contributed by atoms with Crippen LogP contribution in [0.2, 0.25) is 0 Å². The monoisotopic (exact) mass is 766 g/mol. The van der Waals surface area contributed by atoms with E-state index < -0.39 is 215 Å². The molecule has 2 aliphatic rings. The second-order valence-corrected chi connectivity index (χ2v) is 12.9. The van der Waals surface area contributed by atoms with Gasteiger partial charge >= 0.3 is 0 Å². The third-order valence-electron chi connectivity index (χ3n) is 9.76. The normalized spacial score (nSPS) is 18.9. The van der Waals surface area contributed by atoms with E-state index in [1.165, 1.54) is 30.3 Å². The van der Waals surface area contributed by atoms with Crippen molar-refractivity contribution in [1.29, 1.82) is 0 Å². The highest BCUT2D eigenvalue weighted by atomic mass is 15.2. The molecule has 0 N–H and O–H groups in total. The van der Waals surface area contributed by atoms with Crippen molar-refractivity contribution in [3.63, 3.8) is 0 Å². The van der Waals surface area contributed by atoms with Gasteiger partial charge in [-0.25, -0.2) is 0 Å². The summed E-state index contributed by atoms with van der Waals surface area (Å²) in [4.78, 5) is 3.74. The van der Waals surface area contributed by atoms with Crippen molar-refractivity contribution >= 4 is 74.3 Å². The number of rotatable bonds is 7. The maximum absolute atomic E-state index is 10.3. The second kappa shape index (κ2) is 14.2. The molecule has 0 bridgehead atoms. The highest BCUT2D eigenvalue weighted by Gasteiger charge is 2.43. The number of fused-ring (bicyclic) bond motifs is 4. The first-order valence-corrected chi connectivity index (χ1v) is 17.8. The van der Waals surface area contributed by atoms with Gasteiger partial charge in [0.2, 0.25) is 0 Å². The largest absolute Gasteiger partial charge is 0.311 e. The standard InChI is InChI=1S/C54H38BN3/c1-6-18-39(19-7-1)41-22-16-29-46(36-41)58-51-31-17-30-50-54(51)55(48-34-32-42(37-52(48)58)40-20-8-2-9-21-40)49-35-33-47(38-53(49)57(50)45-27-14-5-15-28-45)56(43-23-10-3-11-24-43)44-25-12-4-13-26-44/h1-38H/i1D,2D,3D,4D,6D,7D,8D,9D,10D,11D,12D,13D,16D,18D,19D,20D,21D,22D,23D,24D,25D,26D,29D,32D,34D,36D,37D. The summed E-state index contributed by atoms with van der Waals surface area (Å²) in [5.74, 6) is 0. The number of nitrogens with zero attached hydrogens (tertiary/aromatic N) is 3. The van der Waals surface area contributed by atoms with Crippen LogP contribution < -0.4 is 31.1 Å². The Kier molecular flexibility index (Phi) is 3.94. The topological polar surface area (TPSA) is 9.72 Å².